The van der Waals surface area contributed by atoms with Crippen LogP contribution in [0.15, 0.2) is 42.7 Å². The topological polar surface area (TPSA) is 108 Å². The van der Waals surface area contributed by atoms with Gasteiger partial charge in [-0.25, -0.2) is 14.3 Å². The van der Waals surface area contributed by atoms with Crippen LogP contribution >= 0.6 is 23.2 Å². The van der Waals surface area contributed by atoms with Crippen LogP contribution in [0.1, 0.15) is 58.6 Å². The third kappa shape index (κ3) is 6.70. The van der Waals surface area contributed by atoms with Crippen LogP contribution in [-0.4, -0.2) is 53.5 Å². The molecule has 0 aliphatic carbocycles. The number of aromatic nitrogens is 6. The quantitative estimate of drug-likeness (QED) is 0.156. The number of hydrogen-bond donors (Lipinski definition) is 1. The lowest BCUT2D eigenvalue weighted by molar-refractivity contribution is -0.360. The van der Waals surface area contributed by atoms with Crippen LogP contribution in [-0.2, 0) is 12.5 Å². The van der Waals surface area contributed by atoms with E-state index >= 15 is 0 Å². The third-order valence-electron chi connectivity index (χ3n) is 5.79. The maximum absolute atomic E-state index is 14.1. The van der Waals surface area contributed by atoms with Gasteiger partial charge in [-0.05, 0) is 49.7 Å². The monoisotopic (exact) mass is 667 g/mol. The molecule has 0 saturated heterocycles. The number of rotatable bonds is 8. The Morgan fingerprint density at radius 2 is 1.68 bits per heavy atom. The largest absolute Gasteiger partial charge is 0.460 e. The fourth-order valence-corrected chi connectivity index (χ4v) is 4.23. The van der Waals surface area contributed by atoms with Gasteiger partial charge in [0.1, 0.15) is 5.69 Å². The Morgan fingerprint density at radius 1 is 1.02 bits per heavy atom. The highest BCUT2D eigenvalue weighted by molar-refractivity contribution is 6.32. The first-order chi connectivity index (χ1) is 20.4. The highest BCUT2D eigenvalue weighted by Gasteiger charge is 2.74. The number of alkyl halides is 7. The Morgan fingerprint density at radius 3 is 2.27 bits per heavy atom. The maximum Gasteiger partial charge on any atom is 0.460 e. The summed E-state index contributed by atoms with van der Waals surface area (Å²) >= 11 is 12.3. The minimum atomic E-state index is -6.56. The molecule has 44 heavy (non-hydrogen) atoms. The van der Waals surface area contributed by atoms with Crippen molar-refractivity contribution in [3.05, 3.63) is 81.0 Å². The standard InChI is InChI=1S/C24H16Cl2F7N7O2.C2H6/c1-11-6-13(25)7-15(12(2)41)19(11)35-21(42)17-8-14(37-40(17)20-16(26)4-3-5-34-20)9-39-10-18(36-38-39)22(27,28)23(29,30)24(31,32)33;1-2/h3-8,10H,9H2,1-2H3,(H,35,42);1-2H3. The maximum atomic E-state index is 14.1. The van der Waals surface area contributed by atoms with Crippen molar-refractivity contribution in [3.63, 3.8) is 0 Å². The molecule has 18 heteroatoms. The second kappa shape index (κ2) is 12.9. The van der Waals surface area contributed by atoms with E-state index in [4.69, 9.17) is 23.2 Å². The SMILES string of the molecule is CC.CC(=O)c1cc(Cl)cc(C)c1NC(=O)c1cc(Cn2cc(C(F)(F)C(F)(F)C(F)(F)F)nn2)nn1-c1ncccc1Cl. The van der Waals surface area contributed by atoms with Crippen LogP contribution in [0.5, 0.6) is 0 Å². The molecule has 0 aliphatic rings. The number of nitrogens with zero attached hydrogens (tertiary/aromatic N) is 6. The Hall–Kier alpha value is -4.05. The number of benzene rings is 1. The van der Waals surface area contributed by atoms with Crippen molar-refractivity contribution in [2.75, 3.05) is 5.32 Å². The molecular weight excluding hydrogens is 646 g/mol. The Balaban J connectivity index is 0.00000259. The van der Waals surface area contributed by atoms with Gasteiger partial charge in [0.05, 0.1) is 29.1 Å². The molecule has 0 atom stereocenters. The Kier molecular flexibility index (Phi) is 10.1. The van der Waals surface area contributed by atoms with E-state index in [1.807, 2.05) is 13.8 Å². The summed E-state index contributed by atoms with van der Waals surface area (Å²) in [6, 6.07) is 6.91. The number of nitrogens with one attached hydrogen (secondary N) is 1. The zero-order valence-electron chi connectivity index (χ0n) is 23.2. The first-order valence-corrected chi connectivity index (χ1v) is 13.2. The fourth-order valence-electron chi connectivity index (χ4n) is 3.75. The number of carbonyl (C=O) groups excluding carboxylic acids is 2. The van der Waals surface area contributed by atoms with E-state index in [0.717, 1.165) is 10.7 Å². The lowest BCUT2D eigenvalue weighted by Crippen LogP contribution is -2.50. The summed E-state index contributed by atoms with van der Waals surface area (Å²) in [5, 5.41) is 13.0. The van der Waals surface area contributed by atoms with Crippen LogP contribution in [0.25, 0.3) is 5.82 Å². The van der Waals surface area contributed by atoms with E-state index in [2.05, 4.69) is 25.7 Å². The number of pyridine rings is 1. The number of anilines is 1. The normalized spacial score (nSPS) is 12.0. The predicted molar refractivity (Wildman–Crippen MR) is 146 cm³/mol. The molecule has 0 unspecified atom stereocenters. The highest BCUT2D eigenvalue weighted by Crippen LogP contribution is 2.51. The lowest BCUT2D eigenvalue weighted by Gasteiger charge is -2.26. The second-order valence-electron chi connectivity index (χ2n) is 8.85. The minimum Gasteiger partial charge on any atom is -0.320 e. The van der Waals surface area contributed by atoms with Crippen LogP contribution < -0.4 is 5.32 Å². The first-order valence-electron chi connectivity index (χ1n) is 12.5. The van der Waals surface area contributed by atoms with Crippen molar-refractivity contribution in [1.29, 1.82) is 0 Å². The number of carbonyl (C=O) groups is 2. The Bertz CT molecular complexity index is 1690. The van der Waals surface area contributed by atoms with E-state index in [9.17, 15) is 40.3 Å². The molecule has 0 bridgehead atoms. The van der Waals surface area contributed by atoms with Crippen molar-refractivity contribution in [2.24, 2.45) is 0 Å². The fraction of sp³-hybridized carbons (Fsp3) is 0.308. The summed E-state index contributed by atoms with van der Waals surface area (Å²) in [7, 11) is 0. The number of amides is 1. The number of hydrogen-bond acceptors (Lipinski definition) is 6. The third-order valence-corrected chi connectivity index (χ3v) is 6.30. The molecule has 0 aliphatic heterocycles. The van der Waals surface area contributed by atoms with Gasteiger partial charge in [0.15, 0.2) is 17.3 Å². The van der Waals surface area contributed by atoms with Gasteiger partial charge in [-0.15, -0.1) is 5.10 Å². The van der Waals surface area contributed by atoms with Crippen molar-refractivity contribution < 1.29 is 40.3 Å². The molecule has 1 aromatic carbocycles. The molecule has 9 nitrogen and oxygen atoms in total. The first kappa shape index (κ1) is 34.4. The molecule has 1 N–H and O–H groups in total. The summed E-state index contributed by atoms with van der Waals surface area (Å²) in [6.45, 7) is 6.25. The van der Waals surface area contributed by atoms with Crippen LogP contribution in [0.4, 0.5) is 36.4 Å². The molecule has 0 saturated carbocycles. The van der Waals surface area contributed by atoms with E-state index in [1.165, 1.54) is 37.4 Å². The highest BCUT2D eigenvalue weighted by atomic mass is 35.5. The van der Waals surface area contributed by atoms with Crippen molar-refractivity contribution in [2.45, 2.75) is 52.3 Å². The zero-order chi connectivity index (χ0) is 33.2. The zero-order valence-corrected chi connectivity index (χ0v) is 24.7. The molecule has 1 amide bonds. The van der Waals surface area contributed by atoms with E-state index in [-0.39, 0.29) is 44.7 Å². The molecule has 0 fully saturated rings. The Labute approximate surface area is 255 Å². The molecular formula is C26H22Cl2F7N7O2. The second-order valence-corrected chi connectivity index (χ2v) is 9.69. The summed E-state index contributed by atoms with van der Waals surface area (Å²) in [5.41, 5.74) is -1.61. The summed E-state index contributed by atoms with van der Waals surface area (Å²) in [6.07, 6.45) is -5.04. The van der Waals surface area contributed by atoms with E-state index < -0.39 is 42.0 Å². The van der Waals surface area contributed by atoms with Gasteiger partial charge in [-0.3, -0.25) is 9.59 Å². The van der Waals surface area contributed by atoms with E-state index in [1.54, 1.807) is 6.92 Å². The number of halogens is 9. The van der Waals surface area contributed by atoms with Gasteiger partial charge >= 0.3 is 18.0 Å². The summed E-state index contributed by atoms with van der Waals surface area (Å²) in [4.78, 5) is 29.7. The molecule has 3 heterocycles. The van der Waals surface area contributed by atoms with Gasteiger partial charge in [0, 0.05) is 16.8 Å². The van der Waals surface area contributed by atoms with Gasteiger partial charge in [-0.1, -0.05) is 42.3 Å². The molecule has 236 valence electrons. The summed E-state index contributed by atoms with van der Waals surface area (Å²) in [5.74, 6) is -13.5. The molecule has 4 rings (SSSR count). The van der Waals surface area contributed by atoms with Crippen molar-refractivity contribution in [1.82, 2.24) is 29.8 Å². The van der Waals surface area contributed by atoms with Crippen molar-refractivity contribution >= 4 is 40.6 Å². The lowest BCUT2D eigenvalue weighted by atomic mass is 10.0. The number of aryl methyl sites for hydroxylation is 1. The molecule has 0 spiro atoms. The van der Waals surface area contributed by atoms with E-state index in [0.29, 0.717) is 10.2 Å². The smallest absolute Gasteiger partial charge is 0.320 e. The molecule has 4 aromatic rings. The average Bonchev–Trinajstić information content (AvgIpc) is 3.58. The van der Waals surface area contributed by atoms with Crippen LogP contribution in [0.3, 0.4) is 0 Å². The van der Waals surface area contributed by atoms with Gasteiger partial charge < -0.3 is 5.32 Å². The van der Waals surface area contributed by atoms with Crippen LogP contribution in [0.2, 0.25) is 10.0 Å². The summed E-state index contributed by atoms with van der Waals surface area (Å²) < 4.78 is 94.3. The van der Waals surface area contributed by atoms with Gasteiger partial charge in [0.2, 0.25) is 0 Å². The average molecular weight is 668 g/mol. The number of Topliss-reactive ketones (excluding diaryl/α,β-unsaturated/α-hetero) is 1. The van der Waals surface area contributed by atoms with Crippen LogP contribution in [0, 0.1) is 6.92 Å². The molecule has 3 aromatic heterocycles. The van der Waals surface area contributed by atoms with Gasteiger partial charge in [-0.2, -0.15) is 35.8 Å². The van der Waals surface area contributed by atoms with Crippen molar-refractivity contribution in [3.8, 4) is 5.82 Å². The minimum absolute atomic E-state index is 0.0327. The van der Waals surface area contributed by atoms with Gasteiger partial charge in [0.25, 0.3) is 5.91 Å². The number of ketones is 1. The molecule has 0 radical (unpaired) electrons. The predicted octanol–water partition coefficient (Wildman–Crippen LogP) is 7.29.